The molecule has 3 heteroatoms. The molecule has 84 valence electrons. The van der Waals surface area contributed by atoms with Crippen LogP contribution in [0.4, 0.5) is 4.39 Å². The molecule has 15 heavy (non-hydrogen) atoms. The molecule has 2 N–H and O–H groups in total. The van der Waals surface area contributed by atoms with Crippen LogP contribution in [0.5, 0.6) is 0 Å². The van der Waals surface area contributed by atoms with Crippen molar-refractivity contribution in [3.05, 3.63) is 35.6 Å². The Labute approximate surface area is 90.9 Å². The molecule has 2 nitrogen and oxygen atoms in total. The predicted octanol–water partition coefficient (Wildman–Crippen LogP) is 1.82. The number of rotatable bonds is 5. The second kappa shape index (κ2) is 5.83. The Morgan fingerprint density at radius 2 is 1.87 bits per heavy atom. The predicted molar refractivity (Wildman–Crippen MR) is 61.4 cm³/mol. The molecule has 1 atom stereocenters. The average molecular weight is 210 g/mol. The van der Waals surface area contributed by atoms with E-state index in [4.69, 9.17) is 5.73 Å². The lowest BCUT2D eigenvalue weighted by atomic mass is 9.96. The molecule has 1 aromatic rings. The number of halogens is 1. The van der Waals surface area contributed by atoms with Crippen LogP contribution >= 0.6 is 0 Å². The standard InChI is InChI=1S/C12H19FN2/c1-15(2)8-7-11(9-14)10-3-5-12(13)6-4-10/h3-6,11H,7-9,14H2,1-2H3. The molecule has 0 amide bonds. The largest absolute Gasteiger partial charge is 0.330 e. The van der Waals surface area contributed by atoms with E-state index in [1.165, 1.54) is 12.1 Å². The number of benzene rings is 1. The monoisotopic (exact) mass is 210 g/mol. The minimum absolute atomic E-state index is 0.192. The summed E-state index contributed by atoms with van der Waals surface area (Å²) in [6, 6.07) is 6.63. The highest BCUT2D eigenvalue weighted by Crippen LogP contribution is 2.18. The summed E-state index contributed by atoms with van der Waals surface area (Å²) in [4.78, 5) is 2.13. The van der Waals surface area contributed by atoms with Gasteiger partial charge in [0.15, 0.2) is 0 Å². The molecule has 0 aliphatic rings. The van der Waals surface area contributed by atoms with Gasteiger partial charge >= 0.3 is 0 Å². The summed E-state index contributed by atoms with van der Waals surface area (Å²) in [5, 5.41) is 0. The molecule has 0 saturated carbocycles. The third-order valence-electron chi connectivity index (χ3n) is 2.55. The van der Waals surface area contributed by atoms with Crippen molar-refractivity contribution >= 4 is 0 Å². The molecule has 0 radical (unpaired) electrons. The van der Waals surface area contributed by atoms with Gasteiger partial charge in [-0.1, -0.05) is 12.1 Å². The Morgan fingerprint density at radius 1 is 1.27 bits per heavy atom. The van der Waals surface area contributed by atoms with E-state index in [-0.39, 0.29) is 5.82 Å². The van der Waals surface area contributed by atoms with Gasteiger partial charge < -0.3 is 10.6 Å². The second-order valence-electron chi connectivity index (χ2n) is 4.08. The van der Waals surface area contributed by atoms with Crippen molar-refractivity contribution in [2.24, 2.45) is 5.73 Å². The Balaban J connectivity index is 2.61. The molecule has 0 bridgehead atoms. The summed E-state index contributed by atoms with van der Waals surface area (Å²) >= 11 is 0. The fourth-order valence-electron chi connectivity index (χ4n) is 1.57. The van der Waals surface area contributed by atoms with E-state index >= 15 is 0 Å². The first-order valence-corrected chi connectivity index (χ1v) is 5.23. The SMILES string of the molecule is CN(C)CCC(CN)c1ccc(F)cc1. The fourth-order valence-corrected chi connectivity index (χ4v) is 1.57. The smallest absolute Gasteiger partial charge is 0.123 e. The summed E-state index contributed by atoms with van der Waals surface area (Å²) in [6.45, 7) is 1.61. The molecule has 0 fully saturated rings. The van der Waals surface area contributed by atoms with Crippen LogP contribution in [-0.2, 0) is 0 Å². The van der Waals surface area contributed by atoms with Crippen molar-refractivity contribution in [2.75, 3.05) is 27.2 Å². The van der Waals surface area contributed by atoms with E-state index in [2.05, 4.69) is 4.90 Å². The van der Waals surface area contributed by atoms with Crippen molar-refractivity contribution < 1.29 is 4.39 Å². The topological polar surface area (TPSA) is 29.3 Å². The molecule has 0 aliphatic carbocycles. The lowest BCUT2D eigenvalue weighted by molar-refractivity contribution is 0.382. The normalized spacial score (nSPS) is 13.1. The molecule has 0 saturated heterocycles. The molecule has 1 unspecified atom stereocenters. The summed E-state index contributed by atoms with van der Waals surface area (Å²) in [5.41, 5.74) is 6.84. The maximum atomic E-state index is 12.7. The number of nitrogens with zero attached hydrogens (tertiary/aromatic N) is 1. The Hall–Kier alpha value is -0.930. The van der Waals surface area contributed by atoms with Gasteiger partial charge in [-0.05, 0) is 57.2 Å². The van der Waals surface area contributed by atoms with Crippen LogP contribution in [0.1, 0.15) is 17.9 Å². The Kier molecular flexibility index (Phi) is 4.72. The first-order valence-electron chi connectivity index (χ1n) is 5.23. The summed E-state index contributed by atoms with van der Waals surface area (Å²) in [5.74, 6) is 0.134. The lowest BCUT2D eigenvalue weighted by Crippen LogP contribution is -2.20. The van der Waals surface area contributed by atoms with Crippen molar-refractivity contribution in [3.8, 4) is 0 Å². The third-order valence-corrected chi connectivity index (χ3v) is 2.55. The fraction of sp³-hybridized carbons (Fsp3) is 0.500. The molecule has 0 aliphatic heterocycles. The van der Waals surface area contributed by atoms with Gasteiger partial charge in [0.25, 0.3) is 0 Å². The quantitative estimate of drug-likeness (QED) is 0.803. The van der Waals surface area contributed by atoms with Gasteiger partial charge in [0.1, 0.15) is 5.82 Å². The Bertz CT molecular complexity index is 282. The zero-order valence-corrected chi connectivity index (χ0v) is 9.41. The van der Waals surface area contributed by atoms with Gasteiger partial charge in [-0.25, -0.2) is 4.39 Å². The zero-order chi connectivity index (χ0) is 11.3. The molecular weight excluding hydrogens is 191 g/mol. The van der Waals surface area contributed by atoms with Gasteiger partial charge in [0.2, 0.25) is 0 Å². The minimum atomic E-state index is -0.192. The summed E-state index contributed by atoms with van der Waals surface area (Å²) < 4.78 is 12.7. The van der Waals surface area contributed by atoms with Crippen LogP contribution in [0.15, 0.2) is 24.3 Å². The van der Waals surface area contributed by atoms with E-state index in [0.29, 0.717) is 12.5 Å². The first kappa shape index (κ1) is 12.1. The van der Waals surface area contributed by atoms with Crippen LogP contribution in [-0.4, -0.2) is 32.1 Å². The van der Waals surface area contributed by atoms with Crippen molar-refractivity contribution in [3.63, 3.8) is 0 Å². The second-order valence-corrected chi connectivity index (χ2v) is 4.08. The zero-order valence-electron chi connectivity index (χ0n) is 9.41. The van der Waals surface area contributed by atoms with E-state index in [0.717, 1.165) is 18.5 Å². The van der Waals surface area contributed by atoms with Gasteiger partial charge in [0.05, 0.1) is 0 Å². The summed E-state index contributed by atoms with van der Waals surface area (Å²) in [7, 11) is 4.08. The van der Waals surface area contributed by atoms with E-state index < -0.39 is 0 Å². The maximum Gasteiger partial charge on any atom is 0.123 e. The van der Waals surface area contributed by atoms with Gasteiger partial charge in [-0.2, -0.15) is 0 Å². The molecule has 0 heterocycles. The molecule has 1 rings (SSSR count). The minimum Gasteiger partial charge on any atom is -0.330 e. The summed E-state index contributed by atoms with van der Waals surface area (Å²) in [6.07, 6.45) is 1.01. The third kappa shape index (κ3) is 3.98. The van der Waals surface area contributed by atoms with Crippen molar-refractivity contribution in [2.45, 2.75) is 12.3 Å². The highest BCUT2D eigenvalue weighted by Gasteiger charge is 2.09. The highest BCUT2D eigenvalue weighted by molar-refractivity contribution is 5.20. The molecule has 0 spiro atoms. The van der Waals surface area contributed by atoms with Gasteiger partial charge in [0, 0.05) is 0 Å². The lowest BCUT2D eigenvalue weighted by Gasteiger charge is -2.17. The van der Waals surface area contributed by atoms with E-state index in [1.807, 2.05) is 26.2 Å². The van der Waals surface area contributed by atoms with Crippen LogP contribution in [0.25, 0.3) is 0 Å². The van der Waals surface area contributed by atoms with Crippen LogP contribution in [0.3, 0.4) is 0 Å². The van der Waals surface area contributed by atoms with Crippen molar-refractivity contribution in [1.82, 2.24) is 4.90 Å². The van der Waals surface area contributed by atoms with Gasteiger partial charge in [-0.15, -0.1) is 0 Å². The number of hydrogen-bond acceptors (Lipinski definition) is 2. The molecule has 1 aromatic carbocycles. The van der Waals surface area contributed by atoms with Crippen molar-refractivity contribution in [1.29, 1.82) is 0 Å². The van der Waals surface area contributed by atoms with Crippen LogP contribution in [0.2, 0.25) is 0 Å². The van der Waals surface area contributed by atoms with E-state index in [9.17, 15) is 4.39 Å². The number of nitrogens with two attached hydrogens (primary N) is 1. The van der Waals surface area contributed by atoms with E-state index in [1.54, 1.807) is 0 Å². The molecular formula is C12H19FN2. The molecule has 0 aromatic heterocycles. The maximum absolute atomic E-state index is 12.7. The highest BCUT2D eigenvalue weighted by atomic mass is 19.1. The van der Waals surface area contributed by atoms with Crippen LogP contribution in [0, 0.1) is 5.82 Å². The average Bonchev–Trinajstić information content (AvgIpc) is 2.21. The van der Waals surface area contributed by atoms with Crippen LogP contribution < -0.4 is 5.73 Å². The number of hydrogen-bond donors (Lipinski definition) is 1. The van der Waals surface area contributed by atoms with Gasteiger partial charge in [-0.3, -0.25) is 0 Å². The first-order chi connectivity index (χ1) is 7.13. The Morgan fingerprint density at radius 3 is 2.33 bits per heavy atom.